The van der Waals surface area contributed by atoms with Crippen molar-refractivity contribution in [2.45, 2.75) is 247 Å². The second kappa shape index (κ2) is 18.5. The average molecular weight is 979 g/mol. The zero-order valence-corrected chi connectivity index (χ0v) is 52.7. The van der Waals surface area contributed by atoms with E-state index in [9.17, 15) is 0 Å². The Hall–Kier alpha value is -1.50. The van der Waals surface area contributed by atoms with Crippen molar-refractivity contribution in [1.82, 2.24) is 5.32 Å². The van der Waals surface area contributed by atoms with E-state index in [1.165, 1.54) is 0 Å². The van der Waals surface area contributed by atoms with Gasteiger partial charge >= 0.3 is 0 Å². The SMILES string of the molecule is CC(C)(C)[Si](C)(C)Oc1cc(CNCc2cc(O[Si](C)(C)C(C)(C)C)c(O[Si](C)(C)C(C)(C)C)c(O[Si](C)(C)C(C)(C)C)c2)cc(O[Si](C)(C)C(C)(C)C)c1O[Si](C)(C)C(C)(C)C. The Bertz CT molecular complexity index is 1650. The highest BCUT2D eigenvalue weighted by molar-refractivity contribution is 6.77. The minimum Gasteiger partial charge on any atom is -0.541 e. The first-order valence-corrected chi connectivity index (χ1v) is 41.1. The zero-order chi connectivity index (χ0) is 49.8. The maximum Gasteiger partial charge on any atom is 0.250 e. The molecule has 0 unspecified atom stereocenters. The second-order valence-corrected chi connectivity index (χ2v) is 56.0. The van der Waals surface area contributed by atoms with Crippen LogP contribution >= 0.6 is 0 Å². The van der Waals surface area contributed by atoms with Gasteiger partial charge in [0.05, 0.1) is 0 Å². The summed E-state index contributed by atoms with van der Waals surface area (Å²) in [7, 11) is -13.8. The summed E-state index contributed by atoms with van der Waals surface area (Å²) in [6, 6.07) is 8.84. The number of rotatable bonds is 16. The van der Waals surface area contributed by atoms with Crippen molar-refractivity contribution in [2.75, 3.05) is 0 Å². The molecule has 0 heterocycles. The lowest BCUT2D eigenvalue weighted by molar-refractivity contribution is 0.410. The summed E-state index contributed by atoms with van der Waals surface area (Å²) in [6.07, 6.45) is 0. The van der Waals surface area contributed by atoms with Gasteiger partial charge in [0, 0.05) is 13.1 Å². The van der Waals surface area contributed by atoms with Gasteiger partial charge in [-0.15, -0.1) is 0 Å². The molecule has 0 amide bonds. The van der Waals surface area contributed by atoms with Gasteiger partial charge in [0.1, 0.15) is 23.0 Å². The summed E-state index contributed by atoms with van der Waals surface area (Å²) in [6.45, 7) is 70.2. The second-order valence-electron chi connectivity index (χ2n) is 27.6. The van der Waals surface area contributed by atoms with Gasteiger partial charge in [-0.3, -0.25) is 0 Å². The van der Waals surface area contributed by atoms with E-state index in [2.05, 4.69) is 233 Å². The van der Waals surface area contributed by atoms with E-state index in [0.717, 1.165) is 45.6 Å². The summed E-state index contributed by atoms with van der Waals surface area (Å²) >= 11 is 0. The molecule has 0 spiro atoms. The third-order valence-electron chi connectivity index (χ3n) is 15.8. The summed E-state index contributed by atoms with van der Waals surface area (Å²) in [5.74, 6) is 4.70. The molecule has 1 N–H and O–H groups in total. The summed E-state index contributed by atoms with van der Waals surface area (Å²) in [5, 5.41) is 3.78. The maximum atomic E-state index is 7.28. The molecule has 0 saturated heterocycles. The normalized spacial score (nSPS) is 14.7. The first-order valence-electron chi connectivity index (χ1n) is 23.7. The van der Waals surface area contributed by atoms with Crippen molar-refractivity contribution in [2.24, 2.45) is 0 Å². The third kappa shape index (κ3) is 14.3. The summed E-state index contributed by atoms with van der Waals surface area (Å²) in [5.41, 5.74) is 2.18. The van der Waals surface area contributed by atoms with Crippen LogP contribution in [0, 0.1) is 0 Å². The molecular formula is C50H99NO6Si6. The molecule has 7 nitrogen and oxygen atoms in total. The highest BCUT2D eigenvalue weighted by atomic mass is 28.4. The molecule has 0 radical (unpaired) electrons. The Morgan fingerprint density at radius 2 is 0.460 bits per heavy atom. The zero-order valence-electron chi connectivity index (χ0n) is 46.7. The Kier molecular flexibility index (Phi) is 17.0. The van der Waals surface area contributed by atoms with Crippen molar-refractivity contribution in [3.63, 3.8) is 0 Å². The molecule has 364 valence electrons. The van der Waals surface area contributed by atoms with Gasteiger partial charge in [-0.1, -0.05) is 125 Å². The van der Waals surface area contributed by atoms with E-state index in [0.29, 0.717) is 13.1 Å². The van der Waals surface area contributed by atoms with Gasteiger partial charge in [0.25, 0.3) is 49.9 Å². The van der Waals surface area contributed by atoms with Crippen LogP contribution in [-0.4, -0.2) is 49.9 Å². The number of benzene rings is 2. The average Bonchev–Trinajstić information content (AvgIpc) is 3.00. The van der Waals surface area contributed by atoms with Crippen LogP contribution in [0.4, 0.5) is 0 Å². The first kappa shape index (κ1) is 57.6. The fraction of sp³-hybridized carbons (Fsp3) is 0.760. The van der Waals surface area contributed by atoms with Gasteiger partial charge in [-0.05, 0) is 144 Å². The highest BCUT2D eigenvalue weighted by Crippen LogP contribution is 2.52. The van der Waals surface area contributed by atoms with Crippen LogP contribution in [0.15, 0.2) is 24.3 Å². The van der Waals surface area contributed by atoms with Crippen LogP contribution in [0.1, 0.15) is 136 Å². The molecule has 0 aliphatic carbocycles. The van der Waals surface area contributed by atoms with E-state index in [-0.39, 0.29) is 30.2 Å². The number of hydrogen-bond acceptors (Lipinski definition) is 7. The van der Waals surface area contributed by atoms with Gasteiger partial charge in [-0.25, -0.2) is 0 Å². The molecule has 0 aliphatic heterocycles. The first-order chi connectivity index (χ1) is 27.5. The van der Waals surface area contributed by atoms with Crippen molar-refractivity contribution in [1.29, 1.82) is 0 Å². The van der Waals surface area contributed by atoms with Gasteiger partial charge in [0.2, 0.25) is 0 Å². The molecule has 63 heavy (non-hydrogen) atoms. The third-order valence-corrected chi connectivity index (χ3v) is 41.9. The van der Waals surface area contributed by atoms with E-state index in [1.807, 2.05) is 0 Å². The maximum absolute atomic E-state index is 7.28. The van der Waals surface area contributed by atoms with Crippen LogP contribution in [0.5, 0.6) is 34.5 Å². The van der Waals surface area contributed by atoms with Gasteiger partial charge < -0.3 is 31.9 Å². The lowest BCUT2D eigenvalue weighted by Gasteiger charge is -2.42. The van der Waals surface area contributed by atoms with Crippen LogP contribution in [0.3, 0.4) is 0 Å². The van der Waals surface area contributed by atoms with Crippen LogP contribution in [0.2, 0.25) is 109 Å². The van der Waals surface area contributed by atoms with Crippen molar-refractivity contribution < 1.29 is 26.6 Å². The van der Waals surface area contributed by atoms with E-state index in [1.54, 1.807) is 0 Å². The Labute approximate surface area is 396 Å². The molecule has 0 saturated carbocycles. The van der Waals surface area contributed by atoms with Gasteiger partial charge in [0.15, 0.2) is 11.5 Å². The Balaban J connectivity index is 2.95. The fourth-order valence-electron chi connectivity index (χ4n) is 4.85. The molecule has 0 bridgehead atoms. The minimum absolute atomic E-state index is 0.00913. The number of nitrogens with one attached hydrogen (secondary N) is 1. The van der Waals surface area contributed by atoms with Crippen LogP contribution in [-0.2, 0) is 13.1 Å². The Morgan fingerprint density at radius 1 is 0.302 bits per heavy atom. The smallest absolute Gasteiger partial charge is 0.250 e. The minimum atomic E-state index is -2.31. The quantitative estimate of drug-likeness (QED) is 0.168. The molecule has 13 heteroatoms. The molecular weight excluding hydrogens is 879 g/mol. The van der Waals surface area contributed by atoms with E-state index < -0.39 is 49.9 Å². The topological polar surface area (TPSA) is 67.4 Å². The van der Waals surface area contributed by atoms with Crippen molar-refractivity contribution in [3.8, 4) is 34.5 Å². The monoisotopic (exact) mass is 978 g/mol. The summed E-state index contributed by atoms with van der Waals surface area (Å²) in [4.78, 5) is 0. The number of hydrogen-bond donors (Lipinski definition) is 1. The summed E-state index contributed by atoms with van der Waals surface area (Å²) < 4.78 is 43.6. The van der Waals surface area contributed by atoms with Crippen molar-refractivity contribution >= 4 is 49.9 Å². The van der Waals surface area contributed by atoms with Crippen LogP contribution < -0.4 is 31.9 Å². The molecule has 0 atom stereocenters. The molecule has 0 aromatic heterocycles. The lowest BCUT2D eigenvalue weighted by atomic mass is 10.1. The molecule has 2 rings (SSSR count). The Morgan fingerprint density at radius 3 is 0.619 bits per heavy atom. The molecule has 2 aromatic carbocycles. The standard InChI is InChI=1S/C50H99NO6Si6/c1-45(2,3)58(19,20)52-39-31-37(32-40(53-59(21,22)46(4,5)6)43(39)56-62(27,28)49(13,14)15)35-51-36-38-33-41(54-60(23,24)47(7,8)9)44(57-63(29,30)50(16,17)18)42(34-38)55-61(25,26)48(10,11)12/h31-34,51H,35-36H2,1-30H3. The molecule has 0 aliphatic rings. The van der Waals surface area contributed by atoms with Crippen LogP contribution in [0.25, 0.3) is 0 Å². The van der Waals surface area contributed by atoms with E-state index in [4.69, 9.17) is 26.6 Å². The highest BCUT2D eigenvalue weighted by Gasteiger charge is 2.47. The lowest BCUT2D eigenvalue weighted by Crippen LogP contribution is -2.47. The predicted octanol–water partition coefficient (Wildman–Crippen LogP) is 17.3. The van der Waals surface area contributed by atoms with Gasteiger partial charge in [-0.2, -0.15) is 0 Å². The fourth-order valence-corrected chi connectivity index (χ4v) is 10.9. The molecule has 0 fully saturated rings. The van der Waals surface area contributed by atoms with Crippen molar-refractivity contribution in [3.05, 3.63) is 35.4 Å². The largest absolute Gasteiger partial charge is 0.541 e. The predicted molar refractivity (Wildman–Crippen MR) is 290 cm³/mol. The molecule has 2 aromatic rings. The van der Waals surface area contributed by atoms with E-state index >= 15 is 0 Å².